The van der Waals surface area contributed by atoms with Crippen molar-refractivity contribution in [2.45, 2.75) is 56.3 Å². The lowest BCUT2D eigenvalue weighted by molar-refractivity contribution is -0.139. The molecule has 2 aliphatic carbocycles. The Labute approximate surface area is 174 Å². The van der Waals surface area contributed by atoms with Gasteiger partial charge >= 0.3 is 0 Å². The molecule has 29 heavy (non-hydrogen) atoms. The summed E-state index contributed by atoms with van der Waals surface area (Å²) in [6.45, 7) is 3.29. The highest BCUT2D eigenvalue weighted by Crippen LogP contribution is 2.52. The van der Waals surface area contributed by atoms with Gasteiger partial charge in [0, 0.05) is 38.5 Å². The standard InChI is InChI=1S/C24H35N3O2/c1-26(2)15-12-25-22(28)16-19-17-24(21-9-4-3-8-20(19)21)10-13-27(14-11-24)23(29)18-6-5-7-18/h3-4,8-9,18-19H,5-7,10-17H2,1-2H3,(H,25,28). The van der Waals surface area contributed by atoms with Crippen LogP contribution in [-0.4, -0.2) is 61.9 Å². The van der Waals surface area contributed by atoms with Gasteiger partial charge in [0.2, 0.25) is 11.8 Å². The fourth-order valence-corrected chi connectivity index (χ4v) is 5.47. The van der Waals surface area contributed by atoms with Gasteiger partial charge in [0.15, 0.2) is 0 Å². The van der Waals surface area contributed by atoms with Gasteiger partial charge in [-0.15, -0.1) is 0 Å². The van der Waals surface area contributed by atoms with Crippen LogP contribution in [0.5, 0.6) is 0 Å². The van der Waals surface area contributed by atoms with Crippen LogP contribution in [0.2, 0.25) is 0 Å². The number of benzene rings is 1. The van der Waals surface area contributed by atoms with E-state index >= 15 is 0 Å². The molecule has 4 rings (SSSR count). The Morgan fingerprint density at radius 3 is 2.55 bits per heavy atom. The highest BCUT2D eigenvalue weighted by molar-refractivity contribution is 5.80. The van der Waals surface area contributed by atoms with Crippen molar-refractivity contribution >= 4 is 11.8 Å². The number of amides is 2. The Morgan fingerprint density at radius 1 is 1.17 bits per heavy atom. The van der Waals surface area contributed by atoms with E-state index in [9.17, 15) is 9.59 Å². The number of nitrogens with one attached hydrogen (secondary N) is 1. The summed E-state index contributed by atoms with van der Waals surface area (Å²) in [5.74, 6) is 1.12. The monoisotopic (exact) mass is 397 g/mol. The van der Waals surface area contributed by atoms with Crippen molar-refractivity contribution in [1.82, 2.24) is 15.1 Å². The number of piperidine rings is 1. The molecule has 0 radical (unpaired) electrons. The molecule has 3 aliphatic rings. The summed E-state index contributed by atoms with van der Waals surface area (Å²) in [6, 6.07) is 8.71. The lowest BCUT2D eigenvalue weighted by Crippen LogP contribution is -2.47. The molecular formula is C24H35N3O2. The van der Waals surface area contributed by atoms with E-state index in [1.165, 1.54) is 17.5 Å². The van der Waals surface area contributed by atoms with Gasteiger partial charge in [-0.3, -0.25) is 9.59 Å². The van der Waals surface area contributed by atoms with Crippen molar-refractivity contribution in [3.05, 3.63) is 35.4 Å². The summed E-state index contributed by atoms with van der Waals surface area (Å²) >= 11 is 0. The number of likely N-dealkylation sites (tertiary alicyclic amines) is 1. The average molecular weight is 398 g/mol. The van der Waals surface area contributed by atoms with Gasteiger partial charge in [0.05, 0.1) is 0 Å². The van der Waals surface area contributed by atoms with Crippen LogP contribution < -0.4 is 5.32 Å². The number of carbonyl (C=O) groups is 2. The first-order chi connectivity index (χ1) is 14.0. The second-order valence-corrected chi connectivity index (χ2v) is 9.58. The SMILES string of the molecule is CN(C)CCNC(=O)CC1CC2(CCN(C(=O)C3CCC3)CC2)c2ccccc21. The molecule has 1 aromatic carbocycles. The zero-order valence-corrected chi connectivity index (χ0v) is 18.0. The van der Waals surface area contributed by atoms with E-state index in [4.69, 9.17) is 0 Å². The van der Waals surface area contributed by atoms with Gasteiger partial charge in [-0.1, -0.05) is 30.7 Å². The molecule has 1 aliphatic heterocycles. The Hall–Kier alpha value is -1.88. The van der Waals surface area contributed by atoms with E-state index < -0.39 is 0 Å². The van der Waals surface area contributed by atoms with Gasteiger partial charge in [-0.25, -0.2) is 0 Å². The van der Waals surface area contributed by atoms with E-state index in [0.717, 1.165) is 51.7 Å². The van der Waals surface area contributed by atoms with E-state index in [2.05, 4.69) is 39.4 Å². The van der Waals surface area contributed by atoms with Crippen LogP contribution in [0, 0.1) is 5.92 Å². The predicted molar refractivity (Wildman–Crippen MR) is 115 cm³/mol. The Kier molecular flexibility index (Phi) is 5.95. The van der Waals surface area contributed by atoms with Crippen molar-refractivity contribution in [1.29, 1.82) is 0 Å². The minimum atomic E-state index is 0.140. The van der Waals surface area contributed by atoms with Crippen molar-refractivity contribution < 1.29 is 9.59 Å². The van der Waals surface area contributed by atoms with Crippen LogP contribution in [0.15, 0.2) is 24.3 Å². The third-order valence-corrected chi connectivity index (χ3v) is 7.41. The van der Waals surface area contributed by atoms with E-state index in [-0.39, 0.29) is 11.3 Å². The molecule has 1 saturated heterocycles. The van der Waals surface area contributed by atoms with Crippen LogP contribution in [-0.2, 0) is 15.0 Å². The number of rotatable bonds is 6. The first-order valence-corrected chi connectivity index (χ1v) is 11.3. The van der Waals surface area contributed by atoms with Gasteiger partial charge in [-0.05, 0) is 68.7 Å². The largest absolute Gasteiger partial charge is 0.355 e. The Bertz CT molecular complexity index is 748. The van der Waals surface area contributed by atoms with Gasteiger partial charge in [0.25, 0.3) is 0 Å². The molecule has 0 bridgehead atoms. The maximum atomic E-state index is 12.7. The predicted octanol–water partition coefficient (Wildman–Crippen LogP) is 2.90. The summed E-state index contributed by atoms with van der Waals surface area (Å²) in [5, 5.41) is 3.08. The summed E-state index contributed by atoms with van der Waals surface area (Å²) in [7, 11) is 4.04. The van der Waals surface area contributed by atoms with Crippen molar-refractivity contribution in [3.8, 4) is 0 Å². The molecule has 1 heterocycles. The van der Waals surface area contributed by atoms with E-state index in [0.29, 0.717) is 30.7 Å². The summed E-state index contributed by atoms with van der Waals surface area (Å²) in [4.78, 5) is 29.4. The molecule has 1 N–H and O–H groups in total. The number of likely N-dealkylation sites (N-methyl/N-ethyl adjacent to an activating group) is 1. The zero-order chi connectivity index (χ0) is 20.4. The lowest BCUT2D eigenvalue weighted by Gasteiger charge is -2.42. The van der Waals surface area contributed by atoms with Gasteiger partial charge in [0.1, 0.15) is 0 Å². The third kappa shape index (κ3) is 4.20. The molecule has 1 aromatic rings. The third-order valence-electron chi connectivity index (χ3n) is 7.41. The minimum absolute atomic E-state index is 0.140. The molecular weight excluding hydrogens is 362 g/mol. The lowest BCUT2D eigenvalue weighted by atomic mass is 9.72. The van der Waals surface area contributed by atoms with E-state index in [1.54, 1.807) is 0 Å². The summed E-state index contributed by atoms with van der Waals surface area (Å²) in [6.07, 6.45) is 7.03. The normalized spacial score (nSPS) is 23.1. The summed E-state index contributed by atoms with van der Waals surface area (Å²) in [5.41, 5.74) is 2.93. The fourth-order valence-electron chi connectivity index (χ4n) is 5.47. The van der Waals surface area contributed by atoms with E-state index in [1.807, 2.05) is 14.1 Å². The second kappa shape index (κ2) is 8.47. The number of nitrogens with zero attached hydrogens (tertiary/aromatic N) is 2. The smallest absolute Gasteiger partial charge is 0.225 e. The van der Waals surface area contributed by atoms with Crippen LogP contribution >= 0.6 is 0 Å². The highest BCUT2D eigenvalue weighted by atomic mass is 16.2. The van der Waals surface area contributed by atoms with Crippen molar-refractivity contribution in [2.24, 2.45) is 5.92 Å². The maximum Gasteiger partial charge on any atom is 0.225 e. The maximum absolute atomic E-state index is 12.7. The first kappa shape index (κ1) is 20.4. The molecule has 1 saturated carbocycles. The molecule has 5 heteroatoms. The molecule has 1 atom stereocenters. The van der Waals surface area contributed by atoms with Gasteiger partial charge in [-0.2, -0.15) is 0 Å². The molecule has 2 fully saturated rings. The number of hydrogen-bond acceptors (Lipinski definition) is 3. The fraction of sp³-hybridized carbons (Fsp3) is 0.667. The quantitative estimate of drug-likeness (QED) is 0.803. The van der Waals surface area contributed by atoms with Crippen LogP contribution in [0.25, 0.3) is 0 Å². The molecule has 1 unspecified atom stereocenters. The van der Waals surface area contributed by atoms with Crippen LogP contribution in [0.4, 0.5) is 0 Å². The molecule has 2 amide bonds. The molecule has 158 valence electrons. The second-order valence-electron chi connectivity index (χ2n) is 9.58. The summed E-state index contributed by atoms with van der Waals surface area (Å²) < 4.78 is 0. The van der Waals surface area contributed by atoms with Crippen LogP contribution in [0.3, 0.4) is 0 Å². The number of fused-ring (bicyclic) bond motifs is 2. The number of carbonyl (C=O) groups excluding carboxylic acids is 2. The van der Waals surface area contributed by atoms with Gasteiger partial charge < -0.3 is 15.1 Å². The highest BCUT2D eigenvalue weighted by Gasteiger charge is 2.46. The molecule has 1 spiro atoms. The molecule has 0 aromatic heterocycles. The van der Waals surface area contributed by atoms with Crippen molar-refractivity contribution in [2.75, 3.05) is 40.3 Å². The minimum Gasteiger partial charge on any atom is -0.355 e. The van der Waals surface area contributed by atoms with Crippen molar-refractivity contribution in [3.63, 3.8) is 0 Å². The van der Waals surface area contributed by atoms with Crippen LogP contribution in [0.1, 0.15) is 62.0 Å². The molecule has 5 nitrogen and oxygen atoms in total. The Balaban J connectivity index is 1.40. The number of hydrogen-bond donors (Lipinski definition) is 1. The average Bonchev–Trinajstić information content (AvgIpc) is 2.94. The first-order valence-electron chi connectivity index (χ1n) is 11.3. The zero-order valence-electron chi connectivity index (χ0n) is 18.0. The Morgan fingerprint density at radius 2 is 1.90 bits per heavy atom. The topological polar surface area (TPSA) is 52.7 Å².